The first-order valence-corrected chi connectivity index (χ1v) is 7.78. The molecule has 118 valence electrons. The Labute approximate surface area is 126 Å². The van der Waals surface area contributed by atoms with Gasteiger partial charge in [-0.05, 0) is 32.1 Å². The van der Waals surface area contributed by atoms with Gasteiger partial charge < -0.3 is 15.8 Å². The van der Waals surface area contributed by atoms with Crippen molar-refractivity contribution in [1.82, 2.24) is 9.97 Å². The van der Waals surface area contributed by atoms with Crippen LogP contribution < -0.4 is 16.6 Å². The fourth-order valence-electron chi connectivity index (χ4n) is 2.79. The molecule has 1 heterocycles. The van der Waals surface area contributed by atoms with Gasteiger partial charge in [-0.1, -0.05) is 20.3 Å². The molecule has 0 bridgehead atoms. The molecule has 0 aromatic carbocycles. The van der Waals surface area contributed by atoms with Crippen LogP contribution in [-0.4, -0.2) is 27.7 Å². The van der Waals surface area contributed by atoms with Crippen LogP contribution in [0.1, 0.15) is 56.8 Å². The number of hydrogen-bond acceptors (Lipinski definition) is 6. The Balaban J connectivity index is 2.09. The minimum Gasteiger partial charge on any atom is -0.393 e. The molecule has 1 saturated carbocycles. The summed E-state index contributed by atoms with van der Waals surface area (Å²) in [6, 6.07) is 0. The molecular formula is C15H27N5O. The van der Waals surface area contributed by atoms with Crippen LogP contribution in [0.15, 0.2) is 0 Å². The molecule has 1 aliphatic rings. The van der Waals surface area contributed by atoms with E-state index in [-0.39, 0.29) is 12.0 Å². The zero-order valence-corrected chi connectivity index (χ0v) is 13.2. The molecule has 0 radical (unpaired) electrons. The number of hydrogen-bond donors (Lipinski definition) is 4. The minimum atomic E-state index is -0.149. The summed E-state index contributed by atoms with van der Waals surface area (Å²) in [7, 11) is 0. The Morgan fingerprint density at radius 1 is 1.29 bits per heavy atom. The van der Waals surface area contributed by atoms with Gasteiger partial charge in [-0.2, -0.15) is 0 Å². The molecule has 0 aliphatic heterocycles. The number of aliphatic hydroxyl groups is 1. The lowest BCUT2D eigenvalue weighted by Gasteiger charge is -2.26. The molecule has 2 atom stereocenters. The molecule has 2 rings (SSSR count). The molecule has 0 amide bonds. The third-order valence-electron chi connectivity index (χ3n) is 4.13. The number of nitrogens with one attached hydrogen (secondary N) is 2. The van der Waals surface area contributed by atoms with Gasteiger partial charge in [-0.15, -0.1) is 0 Å². The number of aromatic nitrogens is 2. The topological polar surface area (TPSA) is 96.1 Å². The lowest BCUT2D eigenvalue weighted by atomic mass is 9.87. The Hall–Kier alpha value is -1.40. The molecule has 1 aromatic rings. The molecule has 0 saturated heterocycles. The maximum Gasteiger partial charge on any atom is 0.148 e. The predicted molar refractivity (Wildman–Crippen MR) is 85.1 cm³/mol. The van der Waals surface area contributed by atoms with Gasteiger partial charge in [0.1, 0.15) is 17.5 Å². The standard InChI is InChI=1S/C15H27N5O/c1-9(2)13-18-14(10(3)15(19-13)20-16)17-8-11-5-4-6-12(21)7-11/h9,11-12,21H,4-8,16H2,1-3H3,(H2,17,18,19,20). The maximum absolute atomic E-state index is 9.75. The quantitative estimate of drug-likeness (QED) is 0.491. The van der Waals surface area contributed by atoms with Crippen LogP contribution in [0.3, 0.4) is 0 Å². The van der Waals surface area contributed by atoms with E-state index in [2.05, 4.69) is 34.6 Å². The van der Waals surface area contributed by atoms with Crippen LogP contribution in [0.2, 0.25) is 0 Å². The summed E-state index contributed by atoms with van der Waals surface area (Å²) in [6.07, 6.45) is 3.92. The van der Waals surface area contributed by atoms with Crippen molar-refractivity contribution in [2.75, 3.05) is 17.3 Å². The first-order chi connectivity index (χ1) is 10.0. The SMILES string of the molecule is Cc1c(NN)nc(C(C)C)nc1NCC1CCCC(O)C1. The molecule has 6 heteroatoms. The van der Waals surface area contributed by atoms with E-state index in [9.17, 15) is 5.11 Å². The van der Waals surface area contributed by atoms with Gasteiger partial charge in [0.05, 0.1) is 6.10 Å². The summed E-state index contributed by atoms with van der Waals surface area (Å²) in [6.45, 7) is 6.91. The van der Waals surface area contributed by atoms with Crippen LogP contribution in [0.4, 0.5) is 11.6 Å². The first kappa shape index (κ1) is 16.0. The molecule has 1 fully saturated rings. The van der Waals surface area contributed by atoms with E-state index in [4.69, 9.17) is 5.84 Å². The van der Waals surface area contributed by atoms with Gasteiger partial charge in [0, 0.05) is 18.0 Å². The fraction of sp³-hybridized carbons (Fsp3) is 0.733. The van der Waals surface area contributed by atoms with Crippen LogP contribution in [0.5, 0.6) is 0 Å². The van der Waals surface area contributed by atoms with Crippen LogP contribution >= 0.6 is 0 Å². The van der Waals surface area contributed by atoms with Gasteiger partial charge in [0.2, 0.25) is 0 Å². The normalized spacial score (nSPS) is 22.4. The summed E-state index contributed by atoms with van der Waals surface area (Å²) >= 11 is 0. The highest BCUT2D eigenvalue weighted by atomic mass is 16.3. The smallest absolute Gasteiger partial charge is 0.148 e. The lowest BCUT2D eigenvalue weighted by Crippen LogP contribution is -2.26. The number of nitrogens with two attached hydrogens (primary N) is 1. The fourth-order valence-corrected chi connectivity index (χ4v) is 2.79. The Morgan fingerprint density at radius 3 is 2.62 bits per heavy atom. The van der Waals surface area contributed by atoms with Crippen molar-refractivity contribution in [3.63, 3.8) is 0 Å². The summed E-state index contributed by atoms with van der Waals surface area (Å²) in [4.78, 5) is 9.03. The Kier molecular flexibility index (Phi) is 5.36. The zero-order valence-electron chi connectivity index (χ0n) is 13.2. The molecule has 1 aromatic heterocycles. The van der Waals surface area contributed by atoms with Crippen LogP contribution in [-0.2, 0) is 0 Å². The molecule has 1 aliphatic carbocycles. The van der Waals surface area contributed by atoms with Crippen molar-refractivity contribution in [2.45, 2.75) is 58.5 Å². The van der Waals surface area contributed by atoms with Crippen LogP contribution in [0, 0.1) is 12.8 Å². The van der Waals surface area contributed by atoms with E-state index in [0.717, 1.165) is 49.4 Å². The van der Waals surface area contributed by atoms with E-state index in [1.807, 2.05) is 6.92 Å². The summed E-state index contributed by atoms with van der Waals surface area (Å²) < 4.78 is 0. The monoisotopic (exact) mass is 293 g/mol. The second-order valence-electron chi connectivity index (χ2n) is 6.27. The van der Waals surface area contributed by atoms with Crippen molar-refractivity contribution < 1.29 is 5.11 Å². The van der Waals surface area contributed by atoms with Gasteiger partial charge >= 0.3 is 0 Å². The van der Waals surface area contributed by atoms with E-state index in [0.29, 0.717) is 11.7 Å². The van der Waals surface area contributed by atoms with E-state index in [1.165, 1.54) is 0 Å². The van der Waals surface area contributed by atoms with E-state index >= 15 is 0 Å². The minimum absolute atomic E-state index is 0.149. The van der Waals surface area contributed by atoms with Crippen molar-refractivity contribution in [3.8, 4) is 0 Å². The van der Waals surface area contributed by atoms with Crippen molar-refractivity contribution in [1.29, 1.82) is 0 Å². The third-order valence-corrected chi connectivity index (χ3v) is 4.13. The van der Waals surface area contributed by atoms with Crippen LogP contribution in [0.25, 0.3) is 0 Å². The number of hydrazine groups is 1. The number of nitrogen functional groups attached to an aromatic ring is 1. The number of rotatable bonds is 5. The van der Waals surface area contributed by atoms with E-state index < -0.39 is 0 Å². The largest absolute Gasteiger partial charge is 0.393 e. The lowest BCUT2D eigenvalue weighted by molar-refractivity contribution is 0.104. The number of nitrogens with zero attached hydrogens (tertiary/aromatic N) is 2. The van der Waals surface area contributed by atoms with Gasteiger partial charge in [0.25, 0.3) is 0 Å². The summed E-state index contributed by atoms with van der Waals surface area (Å²) in [5.74, 6) is 8.57. The van der Waals surface area contributed by atoms with Crippen molar-refractivity contribution in [3.05, 3.63) is 11.4 Å². The molecule has 21 heavy (non-hydrogen) atoms. The first-order valence-electron chi connectivity index (χ1n) is 7.78. The van der Waals surface area contributed by atoms with Gasteiger partial charge in [0.15, 0.2) is 0 Å². The summed E-state index contributed by atoms with van der Waals surface area (Å²) in [5, 5.41) is 13.2. The van der Waals surface area contributed by atoms with Crippen molar-refractivity contribution >= 4 is 11.6 Å². The Morgan fingerprint density at radius 2 is 2.00 bits per heavy atom. The summed E-state index contributed by atoms with van der Waals surface area (Å²) in [5.41, 5.74) is 3.57. The molecular weight excluding hydrogens is 266 g/mol. The second kappa shape index (κ2) is 7.04. The highest BCUT2D eigenvalue weighted by Crippen LogP contribution is 2.26. The predicted octanol–water partition coefficient (Wildman–Crippen LogP) is 2.16. The average molecular weight is 293 g/mol. The number of anilines is 2. The Bertz CT molecular complexity index is 477. The third kappa shape index (κ3) is 4.04. The molecule has 0 spiro atoms. The van der Waals surface area contributed by atoms with Gasteiger partial charge in [-0.25, -0.2) is 15.8 Å². The van der Waals surface area contributed by atoms with Gasteiger partial charge in [-0.3, -0.25) is 0 Å². The number of aliphatic hydroxyl groups excluding tert-OH is 1. The maximum atomic E-state index is 9.75. The van der Waals surface area contributed by atoms with E-state index in [1.54, 1.807) is 0 Å². The highest BCUT2D eigenvalue weighted by Gasteiger charge is 2.20. The highest BCUT2D eigenvalue weighted by molar-refractivity contribution is 5.56. The van der Waals surface area contributed by atoms with Crippen molar-refractivity contribution in [2.24, 2.45) is 11.8 Å². The second-order valence-corrected chi connectivity index (χ2v) is 6.27. The molecule has 5 N–H and O–H groups in total. The zero-order chi connectivity index (χ0) is 15.4. The molecule has 6 nitrogen and oxygen atoms in total. The average Bonchev–Trinajstić information content (AvgIpc) is 2.46. The molecule has 2 unspecified atom stereocenters.